The largest absolute Gasteiger partial charge is 0.321 e. The molecule has 1 aliphatic carbocycles. The molecule has 7 heteroatoms. The number of halogens is 3. The lowest BCUT2D eigenvalue weighted by Gasteiger charge is -2.08. The number of alkyl halides is 2. The third-order valence-corrected chi connectivity index (χ3v) is 3.48. The van der Waals surface area contributed by atoms with E-state index in [4.69, 9.17) is 11.6 Å². The Balaban J connectivity index is 1.87. The summed E-state index contributed by atoms with van der Waals surface area (Å²) in [6.07, 6.45) is -1.01. The molecule has 1 fully saturated rings. The van der Waals surface area contributed by atoms with Crippen molar-refractivity contribution in [1.82, 2.24) is 9.97 Å². The second-order valence-corrected chi connectivity index (χ2v) is 5.51. The van der Waals surface area contributed by atoms with Gasteiger partial charge in [0, 0.05) is 16.6 Å². The molecule has 0 unspecified atom stereocenters. The van der Waals surface area contributed by atoms with E-state index in [2.05, 4.69) is 15.3 Å². The molecule has 0 bridgehead atoms. The Morgan fingerprint density at radius 3 is 2.68 bits per heavy atom. The van der Waals surface area contributed by atoms with Gasteiger partial charge < -0.3 is 5.32 Å². The lowest BCUT2D eigenvalue weighted by Crippen LogP contribution is -2.16. The van der Waals surface area contributed by atoms with Crippen LogP contribution in [0.1, 0.15) is 47.2 Å². The quantitative estimate of drug-likeness (QED) is 0.917. The number of carbonyl (C=O) groups is 1. The summed E-state index contributed by atoms with van der Waals surface area (Å²) in [5.41, 5.74) is -0.0111. The summed E-state index contributed by atoms with van der Waals surface area (Å²) in [6, 6.07) is 7.59. The number of aromatic nitrogens is 2. The number of rotatable bonds is 4. The highest BCUT2D eigenvalue weighted by molar-refractivity contribution is 6.30. The topological polar surface area (TPSA) is 54.9 Å². The predicted octanol–water partition coefficient (Wildman–Crippen LogP) is 4.20. The summed E-state index contributed by atoms with van der Waals surface area (Å²) in [7, 11) is 0. The van der Waals surface area contributed by atoms with E-state index in [1.54, 1.807) is 24.3 Å². The Morgan fingerprint density at radius 2 is 2.05 bits per heavy atom. The van der Waals surface area contributed by atoms with Crippen molar-refractivity contribution in [1.29, 1.82) is 0 Å². The fraction of sp³-hybridized carbons (Fsp3) is 0.267. The zero-order valence-corrected chi connectivity index (χ0v) is 12.1. The van der Waals surface area contributed by atoms with Crippen molar-refractivity contribution >= 4 is 23.2 Å². The van der Waals surface area contributed by atoms with Crippen LogP contribution in [0.4, 0.5) is 14.5 Å². The van der Waals surface area contributed by atoms with Gasteiger partial charge in [0.2, 0.25) is 0 Å². The van der Waals surface area contributed by atoms with Gasteiger partial charge in [-0.25, -0.2) is 18.7 Å². The van der Waals surface area contributed by atoms with Gasteiger partial charge in [-0.15, -0.1) is 0 Å². The fourth-order valence-corrected chi connectivity index (χ4v) is 2.19. The van der Waals surface area contributed by atoms with Gasteiger partial charge in [-0.05, 0) is 37.1 Å². The number of amides is 1. The number of hydrogen-bond acceptors (Lipinski definition) is 3. The molecular weight excluding hydrogens is 312 g/mol. The molecule has 1 aromatic carbocycles. The van der Waals surface area contributed by atoms with E-state index in [0.717, 1.165) is 18.9 Å². The van der Waals surface area contributed by atoms with Gasteiger partial charge >= 0.3 is 0 Å². The van der Waals surface area contributed by atoms with Crippen molar-refractivity contribution in [3.05, 3.63) is 52.6 Å². The molecule has 0 radical (unpaired) electrons. The molecule has 1 aromatic heterocycles. The maximum atomic E-state index is 12.9. The van der Waals surface area contributed by atoms with Crippen LogP contribution in [0.15, 0.2) is 30.3 Å². The number of nitrogens with one attached hydrogen (secondary N) is 1. The summed E-state index contributed by atoms with van der Waals surface area (Å²) in [5, 5.41) is 3.06. The first-order valence-electron chi connectivity index (χ1n) is 6.77. The SMILES string of the molecule is O=C(Nc1cccc(Cl)c1)c1cc(C(F)F)nc(C2CC2)n1. The number of hydrogen-bond donors (Lipinski definition) is 1. The Labute approximate surface area is 130 Å². The summed E-state index contributed by atoms with van der Waals surface area (Å²) in [4.78, 5) is 20.1. The molecule has 0 aliphatic heterocycles. The standard InChI is InChI=1S/C15H12ClF2N3O/c16-9-2-1-3-10(6-9)19-15(22)12-7-11(13(17)18)20-14(21-12)8-4-5-8/h1-3,6-8,13H,4-5H2,(H,19,22). The average Bonchev–Trinajstić information content (AvgIpc) is 3.31. The minimum absolute atomic E-state index is 0.0628. The summed E-state index contributed by atoms with van der Waals surface area (Å²) < 4.78 is 25.8. The van der Waals surface area contributed by atoms with Crippen LogP contribution >= 0.6 is 11.6 Å². The molecule has 0 spiro atoms. The van der Waals surface area contributed by atoms with E-state index >= 15 is 0 Å². The molecule has 0 atom stereocenters. The van der Waals surface area contributed by atoms with Gasteiger partial charge in [0.05, 0.1) is 0 Å². The summed E-state index contributed by atoms with van der Waals surface area (Å²) >= 11 is 5.84. The highest BCUT2D eigenvalue weighted by Gasteiger charge is 2.29. The van der Waals surface area contributed by atoms with Gasteiger partial charge in [0.1, 0.15) is 17.2 Å². The van der Waals surface area contributed by atoms with Crippen LogP contribution in [-0.4, -0.2) is 15.9 Å². The first kappa shape index (κ1) is 14.8. The van der Waals surface area contributed by atoms with Crippen molar-refractivity contribution in [2.45, 2.75) is 25.2 Å². The third kappa shape index (κ3) is 3.39. The molecular formula is C15H12ClF2N3O. The van der Waals surface area contributed by atoms with Crippen LogP contribution in [0.5, 0.6) is 0 Å². The molecule has 4 nitrogen and oxygen atoms in total. The van der Waals surface area contributed by atoms with Crippen LogP contribution in [-0.2, 0) is 0 Å². The van der Waals surface area contributed by atoms with Crippen molar-refractivity contribution in [3.8, 4) is 0 Å². The molecule has 1 N–H and O–H groups in total. The molecule has 1 aliphatic rings. The van der Waals surface area contributed by atoms with E-state index in [0.29, 0.717) is 16.5 Å². The lowest BCUT2D eigenvalue weighted by molar-refractivity contribution is 0.102. The Morgan fingerprint density at radius 1 is 1.27 bits per heavy atom. The van der Waals surface area contributed by atoms with Crippen molar-refractivity contribution in [2.24, 2.45) is 0 Å². The smallest absolute Gasteiger partial charge is 0.280 e. The van der Waals surface area contributed by atoms with Gasteiger partial charge in [0.15, 0.2) is 0 Å². The van der Waals surface area contributed by atoms with Crippen LogP contribution in [0.25, 0.3) is 0 Å². The summed E-state index contributed by atoms with van der Waals surface area (Å²) in [6.45, 7) is 0. The molecule has 1 saturated carbocycles. The van der Waals surface area contributed by atoms with E-state index in [1.165, 1.54) is 0 Å². The van der Waals surface area contributed by atoms with Crippen LogP contribution in [0.3, 0.4) is 0 Å². The molecule has 1 amide bonds. The predicted molar refractivity (Wildman–Crippen MR) is 78.4 cm³/mol. The normalized spacial score (nSPS) is 14.2. The van der Waals surface area contributed by atoms with Gasteiger partial charge in [0.25, 0.3) is 12.3 Å². The third-order valence-electron chi connectivity index (χ3n) is 3.24. The zero-order valence-electron chi connectivity index (χ0n) is 11.4. The molecule has 22 heavy (non-hydrogen) atoms. The van der Waals surface area contributed by atoms with Crippen LogP contribution in [0.2, 0.25) is 5.02 Å². The molecule has 3 rings (SSSR count). The number of nitrogens with zero attached hydrogens (tertiary/aromatic N) is 2. The fourth-order valence-electron chi connectivity index (χ4n) is 2.00. The second kappa shape index (κ2) is 5.96. The maximum Gasteiger partial charge on any atom is 0.280 e. The highest BCUT2D eigenvalue weighted by atomic mass is 35.5. The lowest BCUT2D eigenvalue weighted by atomic mass is 10.2. The van der Waals surface area contributed by atoms with E-state index in [-0.39, 0.29) is 11.6 Å². The minimum atomic E-state index is -2.74. The van der Waals surface area contributed by atoms with Crippen molar-refractivity contribution < 1.29 is 13.6 Å². The van der Waals surface area contributed by atoms with Gasteiger partial charge in [-0.1, -0.05) is 17.7 Å². The molecule has 0 saturated heterocycles. The minimum Gasteiger partial charge on any atom is -0.321 e. The number of carbonyl (C=O) groups excluding carboxylic acids is 1. The average molecular weight is 324 g/mol. The van der Waals surface area contributed by atoms with Gasteiger partial charge in [-0.3, -0.25) is 4.79 Å². The van der Waals surface area contributed by atoms with Crippen LogP contribution < -0.4 is 5.32 Å². The number of benzene rings is 1. The van der Waals surface area contributed by atoms with E-state index in [9.17, 15) is 13.6 Å². The van der Waals surface area contributed by atoms with Crippen LogP contribution in [0, 0.1) is 0 Å². The zero-order chi connectivity index (χ0) is 15.7. The molecule has 1 heterocycles. The maximum absolute atomic E-state index is 12.9. The monoisotopic (exact) mass is 323 g/mol. The van der Waals surface area contributed by atoms with Crippen molar-refractivity contribution in [3.63, 3.8) is 0 Å². The number of anilines is 1. The Bertz CT molecular complexity index is 699. The van der Waals surface area contributed by atoms with E-state index in [1.807, 2.05) is 0 Å². The Kier molecular flexibility index (Phi) is 4.02. The first-order chi connectivity index (χ1) is 10.5. The van der Waals surface area contributed by atoms with E-state index < -0.39 is 18.0 Å². The molecule has 114 valence electrons. The van der Waals surface area contributed by atoms with Gasteiger partial charge in [-0.2, -0.15) is 0 Å². The first-order valence-corrected chi connectivity index (χ1v) is 7.14. The Hall–Kier alpha value is -2.08. The highest BCUT2D eigenvalue weighted by Crippen LogP contribution is 2.38. The molecule has 2 aromatic rings. The summed E-state index contributed by atoms with van der Waals surface area (Å²) in [5.74, 6) is -0.168. The second-order valence-electron chi connectivity index (χ2n) is 5.08. The van der Waals surface area contributed by atoms with Crippen molar-refractivity contribution in [2.75, 3.05) is 5.32 Å².